The van der Waals surface area contributed by atoms with E-state index in [0.29, 0.717) is 24.3 Å². The molecule has 1 unspecified atom stereocenters. The number of benzene rings is 1. The number of amides is 1. The van der Waals surface area contributed by atoms with Crippen LogP contribution in [0.15, 0.2) is 42.7 Å². The number of para-hydroxylation sites is 1. The molecule has 23 heavy (non-hydrogen) atoms. The summed E-state index contributed by atoms with van der Waals surface area (Å²) in [7, 11) is 3.21. The van der Waals surface area contributed by atoms with Crippen LogP contribution in [0.4, 0.5) is 0 Å². The monoisotopic (exact) mass is 314 g/mol. The van der Waals surface area contributed by atoms with Gasteiger partial charge in [-0.2, -0.15) is 0 Å². The number of ether oxygens (including phenoxy) is 2. The molecule has 0 aliphatic carbocycles. The first-order chi connectivity index (χ1) is 11.2. The molecule has 0 radical (unpaired) electrons. The van der Waals surface area contributed by atoms with Crippen molar-refractivity contribution in [3.05, 3.63) is 53.9 Å². The summed E-state index contributed by atoms with van der Waals surface area (Å²) in [6.07, 6.45) is 4.42. The summed E-state index contributed by atoms with van der Waals surface area (Å²) < 4.78 is 10.7. The molecule has 5 heteroatoms. The molecule has 122 valence electrons. The smallest absolute Gasteiger partial charge is 0.220 e. The first kappa shape index (κ1) is 16.8. The number of aryl methyl sites for hydroxylation is 1. The van der Waals surface area contributed by atoms with Crippen LogP contribution in [0.5, 0.6) is 11.5 Å². The van der Waals surface area contributed by atoms with Gasteiger partial charge in [0, 0.05) is 18.8 Å². The summed E-state index contributed by atoms with van der Waals surface area (Å²) in [5, 5.41) is 2.99. The number of carbonyl (C=O) groups is 1. The fourth-order valence-corrected chi connectivity index (χ4v) is 2.45. The van der Waals surface area contributed by atoms with Gasteiger partial charge in [-0.25, -0.2) is 0 Å². The van der Waals surface area contributed by atoms with Crippen molar-refractivity contribution in [1.82, 2.24) is 10.3 Å². The Labute approximate surface area is 136 Å². The summed E-state index contributed by atoms with van der Waals surface area (Å²) in [6, 6.07) is 9.44. The molecular weight excluding hydrogens is 292 g/mol. The fraction of sp³-hybridized carbons (Fsp3) is 0.333. The topological polar surface area (TPSA) is 60.5 Å². The first-order valence-electron chi connectivity index (χ1n) is 7.55. The summed E-state index contributed by atoms with van der Waals surface area (Å²) in [5.41, 5.74) is 1.99. The molecule has 1 heterocycles. The van der Waals surface area contributed by atoms with E-state index < -0.39 is 0 Å². The molecule has 2 aromatic rings. The van der Waals surface area contributed by atoms with Crippen LogP contribution < -0.4 is 14.8 Å². The first-order valence-corrected chi connectivity index (χ1v) is 7.55. The second-order valence-corrected chi connectivity index (χ2v) is 5.22. The van der Waals surface area contributed by atoms with Gasteiger partial charge in [0.25, 0.3) is 0 Å². The van der Waals surface area contributed by atoms with Crippen molar-refractivity contribution in [1.29, 1.82) is 0 Å². The zero-order valence-electron chi connectivity index (χ0n) is 13.7. The van der Waals surface area contributed by atoms with Crippen molar-refractivity contribution in [3.63, 3.8) is 0 Å². The molecule has 0 aliphatic rings. The zero-order chi connectivity index (χ0) is 16.7. The van der Waals surface area contributed by atoms with Crippen molar-refractivity contribution in [2.24, 2.45) is 0 Å². The largest absolute Gasteiger partial charge is 0.493 e. The Balaban J connectivity index is 1.95. The minimum absolute atomic E-state index is 0.000754. The normalized spacial score (nSPS) is 11.6. The fourth-order valence-electron chi connectivity index (χ4n) is 2.45. The van der Waals surface area contributed by atoms with Crippen molar-refractivity contribution in [2.75, 3.05) is 14.2 Å². The predicted molar refractivity (Wildman–Crippen MR) is 88.7 cm³/mol. The summed E-state index contributed by atoms with van der Waals surface area (Å²) in [5.74, 6) is 1.36. The molecule has 0 saturated heterocycles. The van der Waals surface area contributed by atoms with Gasteiger partial charge in [0.15, 0.2) is 11.5 Å². The number of carbonyl (C=O) groups excluding carboxylic acids is 1. The molecule has 1 amide bonds. The molecule has 1 aromatic heterocycles. The third kappa shape index (κ3) is 4.45. The highest BCUT2D eigenvalue weighted by molar-refractivity contribution is 5.76. The third-order valence-electron chi connectivity index (χ3n) is 3.69. The van der Waals surface area contributed by atoms with Gasteiger partial charge in [-0.15, -0.1) is 0 Å². The maximum atomic E-state index is 12.2. The number of aromatic nitrogens is 1. The highest BCUT2D eigenvalue weighted by Gasteiger charge is 2.13. The second-order valence-electron chi connectivity index (χ2n) is 5.22. The molecule has 0 aliphatic heterocycles. The Kier molecular flexibility index (Phi) is 5.97. The summed E-state index contributed by atoms with van der Waals surface area (Å²) in [4.78, 5) is 16.1. The van der Waals surface area contributed by atoms with Gasteiger partial charge in [-0.3, -0.25) is 9.78 Å². The van der Waals surface area contributed by atoms with E-state index in [1.165, 1.54) is 0 Å². The van der Waals surface area contributed by atoms with Crippen LogP contribution in [-0.2, 0) is 11.2 Å². The van der Waals surface area contributed by atoms with Gasteiger partial charge < -0.3 is 14.8 Å². The van der Waals surface area contributed by atoms with Crippen LogP contribution in [0.2, 0.25) is 0 Å². The van der Waals surface area contributed by atoms with Crippen LogP contribution in [-0.4, -0.2) is 25.1 Å². The Morgan fingerprint density at radius 2 is 1.91 bits per heavy atom. The quantitative estimate of drug-likeness (QED) is 0.853. The van der Waals surface area contributed by atoms with Crippen molar-refractivity contribution in [2.45, 2.75) is 25.8 Å². The predicted octanol–water partition coefficient (Wildman–Crippen LogP) is 2.91. The third-order valence-corrected chi connectivity index (χ3v) is 3.69. The lowest BCUT2D eigenvalue weighted by Gasteiger charge is -2.15. The van der Waals surface area contributed by atoms with E-state index in [1.807, 2.05) is 37.3 Å². The van der Waals surface area contributed by atoms with Crippen molar-refractivity contribution >= 4 is 5.91 Å². The van der Waals surface area contributed by atoms with E-state index in [9.17, 15) is 4.79 Å². The van der Waals surface area contributed by atoms with E-state index in [2.05, 4.69) is 10.3 Å². The van der Waals surface area contributed by atoms with Gasteiger partial charge in [-0.05, 0) is 42.7 Å². The molecule has 2 rings (SSSR count). The summed E-state index contributed by atoms with van der Waals surface area (Å²) >= 11 is 0. The lowest BCUT2D eigenvalue weighted by Crippen LogP contribution is -2.26. The molecule has 0 spiro atoms. The van der Waals surface area contributed by atoms with Crippen LogP contribution >= 0.6 is 0 Å². The molecule has 0 bridgehead atoms. The van der Waals surface area contributed by atoms with E-state index in [-0.39, 0.29) is 11.9 Å². The SMILES string of the molecule is COc1cccc(CCC(=O)NC(C)c2ccncc2)c1OC. The Morgan fingerprint density at radius 3 is 2.57 bits per heavy atom. The molecule has 0 saturated carbocycles. The minimum Gasteiger partial charge on any atom is -0.493 e. The lowest BCUT2D eigenvalue weighted by molar-refractivity contribution is -0.121. The van der Waals surface area contributed by atoms with Crippen LogP contribution in [0, 0.1) is 0 Å². The molecule has 5 nitrogen and oxygen atoms in total. The average molecular weight is 314 g/mol. The number of rotatable bonds is 7. The van der Waals surface area contributed by atoms with Crippen LogP contribution in [0.1, 0.15) is 30.5 Å². The van der Waals surface area contributed by atoms with E-state index in [0.717, 1.165) is 11.1 Å². The Morgan fingerprint density at radius 1 is 1.17 bits per heavy atom. The molecule has 1 atom stereocenters. The number of nitrogens with zero attached hydrogens (tertiary/aromatic N) is 1. The standard InChI is InChI=1S/C18H22N2O3/c1-13(14-9-11-19-12-10-14)20-17(21)8-7-15-5-4-6-16(22-2)18(15)23-3/h4-6,9-13H,7-8H2,1-3H3,(H,20,21). The second kappa shape index (κ2) is 8.17. The lowest BCUT2D eigenvalue weighted by atomic mass is 10.1. The van der Waals surface area contributed by atoms with Gasteiger partial charge in [0.05, 0.1) is 20.3 Å². The van der Waals surface area contributed by atoms with Gasteiger partial charge in [0.2, 0.25) is 5.91 Å². The Hall–Kier alpha value is -2.56. The zero-order valence-corrected chi connectivity index (χ0v) is 13.7. The maximum absolute atomic E-state index is 12.2. The van der Waals surface area contributed by atoms with Crippen LogP contribution in [0.3, 0.4) is 0 Å². The van der Waals surface area contributed by atoms with Crippen molar-refractivity contribution in [3.8, 4) is 11.5 Å². The number of methoxy groups -OCH3 is 2. The number of nitrogens with one attached hydrogen (secondary N) is 1. The maximum Gasteiger partial charge on any atom is 0.220 e. The molecule has 0 fully saturated rings. The number of hydrogen-bond donors (Lipinski definition) is 1. The summed E-state index contributed by atoms with van der Waals surface area (Å²) in [6.45, 7) is 1.96. The van der Waals surface area contributed by atoms with E-state index in [4.69, 9.17) is 9.47 Å². The average Bonchev–Trinajstić information content (AvgIpc) is 2.60. The number of hydrogen-bond acceptors (Lipinski definition) is 4. The minimum atomic E-state index is -0.0438. The number of pyridine rings is 1. The highest BCUT2D eigenvalue weighted by atomic mass is 16.5. The van der Waals surface area contributed by atoms with Gasteiger partial charge in [-0.1, -0.05) is 12.1 Å². The van der Waals surface area contributed by atoms with Gasteiger partial charge in [0.1, 0.15) is 0 Å². The van der Waals surface area contributed by atoms with E-state index >= 15 is 0 Å². The van der Waals surface area contributed by atoms with Crippen molar-refractivity contribution < 1.29 is 14.3 Å². The molecule has 1 aromatic carbocycles. The molecular formula is C18H22N2O3. The molecule has 1 N–H and O–H groups in total. The van der Waals surface area contributed by atoms with E-state index in [1.54, 1.807) is 26.6 Å². The Bertz CT molecular complexity index is 644. The highest BCUT2D eigenvalue weighted by Crippen LogP contribution is 2.31. The van der Waals surface area contributed by atoms with Crippen LogP contribution in [0.25, 0.3) is 0 Å². The van der Waals surface area contributed by atoms with Gasteiger partial charge >= 0.3 is 0 Å².